The van der Waals surface area contributed by atoms with Gasteiger partial charge < -0.3 is 14.7 Å². The second-order valence-electron chi connectivity index (χ2n) is 5.33. The van der Waals surface area contributed by atoms with Crippen LogP contribution in [0.5, 0.6) is 17.2 Å². The number of benzene rings is 3. The highest BCUT2D eigenvalue weighted by Gasteiger charge is 2.39. The van der Waals surface area contributed by atoms with Crippen molar-refractivity contribution in [1.82, 2.24) is 0 Å². The Labute approximate surface area is 133 Å². The molecular formula is C18H13O4P. The third-order valence-electron chi connectivity index (χ3n) is 3.90. The van der Waals surface area contributed by atoms with Gasteiger partial charge in [0.25, 0.3) is 0 Å². The summed E-state index contributed by atoms with van der Waals surface area (Å²) in [6.45, 7) is 0. The van der Waals surface area contributed by atoms with Gasteiger partial charge in [0.05, 0.1) is 10.6 Å². The molecule has 4 nitrogen and oxygen atoms in total. The molecule has 0 saturated carbocycles. The molecule has 0 fully saturated rings. The van der Waals surface area contributed by atoms with Gasteiger partial charge in [0.1, 0.15) is 17.2 Å². The van der Waals surface area contributed by atoms with Crippen LogP contribution in [0.4, 0.5) is 0 Å². The summed E-state index contributed by atoms with van der Waals surface area (Å²) in [6, 6.07) is 18.6. The summed E-state index contributed by atoms with van der Waals surface area (Å²) in [6.07, 6.45) is 0. The summed E-state index contributed by atoms with van der Waals surface area (Å²) in [4.78, 5) is 0. The first kappa shape index (κ1) is 13.9. The molecule has 0 bridgehead atoms. The molecule has 1 heterocycles. The number of phenols is 2. The minimum Gasteiger partial charge on any atom is -0.508 e. The third-order valence-corrected chi connectivity index (χ3v) is 6.37. The van der Waals surface area contributed by atoms with Crippen molar-refractivity contribution in [3.05, 3.63) is 66.7 Å². The average Bonchev–Trinajstić information content (AvgIpc) is 2.57. The smallest absolute Gasteiger partial charge is 0.311 e. The Morgan fingerprint density at radius 2 is 1.48 bits per heavy atom. The van der Waals surface area contributed by atoms with Gasteiger partial charge in [-0.3, -0.25) is 4.57 Å². The van der Waals surface area contributed by atoms with Gasteiger partial charge in [0.15, 0.2) is 0 Å². The lowest BCUT2D eigenvalue weighted by Crippen LogP contribution is -2.25. The first-order valence-corrected chi connectivity index (χ1v) is 8.73. The van der Waals surface area contributed by atoms with Crippen LogP contribution in [0, 0.1) is 0 Å². The fraction of sp³-hybridized carbons (Fsp3) is 0. The fourth-order valence-corrected chi connectivity index (χ4v) is 5.21. The summed E-state index contributed by atoms with van der Waals surface area (Å²) in [5.41, 5.74) is 1.66. The van der Waals surface area contributed by atoms with Crippen LogP contribution >= 0.6 is 7.37 Å². The van der Waals surface area contributed by atoms with Gasteiger partial charge in [-0.25, -0.2) is 0 Å². The highest BCUT2D eigenvalue weighted by molar-refractivity contribution is 7.75. The van der Waals surface area contributed by atoms with E-state index in [-0.39, 0.29) is 16.8 Å². The van der Waals surface area contributed by atoms with Crippen LogP contribution in [0.1, 0.15) is 0 Å². The Hall–Kier alpha value is -2.71. The van der Waals surface area contributed by atoms with Crippen molar-refractivity contribution in [2.75, 3.05) is 0 Å². The molecule has 0 amide bonds. The van der Waals surface area contributed by atoms with Crippen LogP contribution in [0.2, 0.25) is 0 Å². The molecule has 0 saturated heterocycles. The van der Waals surface area contributed by atoms with Crippen LogP contribution in [-0.4, -0.2) is 10.2 Å². The van der Waals surface area contributed by atoms with E-state index in [9.17, 15) is 14.8 Å². The third kappa shape index (κ3) is 2.03. The van der Waals surface area contributed by atoms with Crippen LogP contribution in [0.25, 0.3) is 11.1 Å². The monoisotopic (exact) mass is 324 g/mol. The van der Waals surface area contributed by atoms with Gasteiger partial charge in [-0.05, 0) is 35.9 Å². The molecule has 23 heavy (non-hydrogen) atoms. The number of hydrogen-bond donors (Lipinski definition) is 2. The molecule has 0 radical (unpaired) electrons. The molecule has 0 spiro atoms. The molecule has 0 unspecified atom stereocenters. The van der Waals surface area contributed by atoms with E-state index < -0.39 is 7.37 Å². The molecule has 0 aliphatic carbocycles. The largest absolute Gasteiger partial charge is 0.508 e. The molecule has 3 aromatic carbocycles. The number of phenolic OH excluding ortho intramolecular Hbond substituents is 2. The van der Waals surface area contributed by atoms with Gasteiger partial charge in [0.2, 0.25) is 0 Å². The van der Waals surface area contributed by atoms with Gasteiger partial charge in [0, 0.05) is 5.56 Å². The minimum atomic E-state index is -3.56. The van der Waals surface area contributed by atoms with Crippen molar-refractivity contribution in [3.63, 3.8) is 0 Å². The van der Waals surface area contributed by atoms with Crippen molar-refractivity contribution < 1.29 is 19.3 Å². The molecule has 3 aromatic rings. The van der Waals surface area contributed by atoms with Crippen LogP contribution in [-0.2, 0) is 4.57 Å². The van der Waals surface area contributed by atoms with E-state index in [2.05, 4.69) is 0 Å². The predicted octanol–water partition coefficient (Wildman–Crippen LogP) is 3.39. The first-order chi connectivity index (χ1) is 11.1. The van der Waals surface area contributed by atoms with E-state index in [0.717, 1.165) is 11.1 Å². The molecule has 1 aliphatic rings. The van der Waals surface area contributed by atoms with Crippen LogP contribution in [0.3, 0.4) is 0 Å². The van der Waals surface area contributed by atoms with E-state index in [4.69, 9.17) is 4.52 Å². The number of fused-ring (bicyclic) bond motifs is 3. The summed E-state index contributed by atoms with van der Waals surface area (Å²) in [5.74, 6) is 0.255. The number of hydrogen-bond acceptors (Lipinski definition) is 4. The average molecular weight is 324 g/mol. The lowest BCUT2D eigenvalue weighted by atomic mass is 10.0. The molecule has 4 rings (SSSR count). The Balaban J connectivity index is 2.05. The maximum Gasteiger partial charge on any atom is 0.311 e. The normalized spacial score (nSPS) is 18.6. The van der Waals surface area contributed by atoms with Crippen molar-refractivity contribution in [1.29, 1.82) is 0 Å². The summed E-state index contributed by atoms with van der Waals surface area (Å²) in [5, 5.41) is 20.5. The van der Waals surface area contributed by atoms with Crippen molar-refractivity contribution in [2.45, 2.75) is 0 Å². The first-order valence-electron chi connectivity index (χ1n) is 7.11. The number of aromatic hydroxyl groups is 2. The van der Waals surface area contributed by atoms with Crippen molar-refractivity contribution in [2.24, 2.45) is 0 Å². The van der Waals surface area contributed by atoms with E-state index in [1.54, 1.807) is 24.3 Å². The lowest BCUT2D eigenvalue weighted by Gasteiger charge is -2.29. The quantitative estimate of drug-likeness (QED) is 0.532. The molecule has 1 aliphatic heterocycles. The standard InChI is InChI=1S/C18H13O4P/c19-12-9-10-15(20)18(11-12)23(21)17-8-4-2-6-14(17)13-5-1-3-7-16(13)22-23/h1-11,19-20H/t23-/m0/s1. The summed E-state index contributed by atoms with van der Waals surface area (Å²) in [7, 11) is -3.56. The lowest BCUT2D eigenvalue weighted by molar-refractivity contribution is 0.459. The highest BCUT2D eigenvalue weighted by Crippen LogP contribution is 2.55. The van der Waals surface area contributed by atoms with Crippen LogP contribution in [0.15, 0.2) is 66.7 Å². The predicted molar refractivity (Wildman–Crippen MR) is 89.2 cm³/mol. The van der Waals surface area contributed by atoms with Gasteiger partial charge >= 0.3 is 7.37 Å². The van der Waals surface area contributed by atoms with Crippen molar-refractivity contribution in [3.8, 4) is 28.4 Å². The number of rotatable bonds is 1. The Morgan fingerprint density at radius 3 is 2.30 bits per heavy atom. The molecule has 2 N–H and O–H groups in total. The Kier molecular flexibility index (Phi) is 2.97. The molecule has 1 atom stereocenters. The second kappa shape index (κ2) is 4.90. The van der Waals surface area contributed by atoms with Gasteiger partial charge in [-0.15, -0.1) is 0 Å². The number of para-hydroxylation sites is 1. The summed E-state index contributed by atoms with van der Waals surface area (Å²) >= 11 is 0. The topological polar surface area (TPSA) is 66.8 Å². The van der Waals surface area contributed by atoms with E-state index in [1.807, 2.05) is 24.3 Å². The zero-order valence-corrected chi connectivity index (χ0v) is 12.9. The van der Waals surface area contributed by atoms with Gasteiger partial charge in [-0.2, -0.15) is 0 Å². The minimum absolute atomic E-state index is 0.0760. The van der Waals surface area contributed by atoms with E-state index in [0.29, 0.717) is 11.1 Å². The molecular weight excluding hydrogens is 311 g/mol. The van der Waals surface area contributed by atoms with Crippen molar-refractivity contribution >= 4 is 18.0 Å². The van der Waals surface area contributed by atoms with Gasteiger partial charge in [-0.1, -0.05) is 36.4 Å². The highest BCUT2D eigenvalue weighted by atomic mass is 31.2. The molecule has 114 valence electrons. The Bertz CT molecular complexity index is 965. The molecule has 0 aromatic heterocycles. The molecule has 5 heteroatoms. The fourth-order valence-electron chi connectivity index (χ4n) is 2.84. The summed E-state index contributed by atoms with van der Waals surface area (Å²) < 4.78 is 19.6. The second-order valence-corrected chi connectivity index (χ2v) is 7.58. The Morgan fingerprint density at radius 1 is 0.783 bits per heavy atom. The van der Waals surface area contributed by atoms with Crippen LogP contribution < -0.4 is 15.1 Å². The zero-order valence-electron chi connectivity index (χ0n) is 12.0. The van der Waals surface area contributed by atoms with E-state index in [1.165, 1.54) is 18.2 Å². The maximum absolute atomic E-state index is 13.7. The zero-order chi connectivity index (χ0) is 16.0. The SMILES string of the molecule is O=[P@]1(c2cc(O)ccc2O)Oc2ccccc2-c2ccccc21. The van der Waals surface area contributed by atoms with E-state index >= 15 is 0 Å². The maximum atomic E-state index is 13.7.